The molecular weight excluding hydrogens is 240 g/mol. The summed E-state index contributed by atoms with van der Waals surface area (Å²) >= 11 is 0. The van der Waals surface area contributed by atoms with Gasteiger partial charge in [-0.3, -0.25) is 19.2 Å². The fourth-order valence-corrected chi connectivity index (χ4v) is 1.86. The van der Waals surface area contributed by atoms with Gasteiger partial charge in [0, 0.05) is 5.92 Å². The zero-order valence-electron chi connectivity index (χ0n) is 8.14. The summed E-state index contributed by atoms with van der Waals surface area (Å²) in [6.45, 7) is 0. The van der Waals surface area contributed by atoms with Crippen LogP contribution < -0.4 is 0 Å². The summed E-state index contributed by atoms with van der Waals surface area (Å²) in [4.78, 5) is 42.8. The number of hydrogen-bond donors (Lipinski definition) is 1. The van der Waals surface area contributed by atoms with Gasteiger partial charge in [0.05, 0.1) is 5.92 Å². The van der Waals surface area contributed by atoms with E-state index in [1.165, 1.54) is 0 Å². The van der Waals surface area contributed by atoms with Crippen LogP contribution in [0, 0.1) is 11.8 Å². The number of aldehydes is 1. The molecule has 0 bridgehead atoms. The summed E-state index contributed by atoms with van der Waals surface area (Å²) in [5.41, 5.74) is 0. The van der Waals surface area contributed by atoms with Crippen molar-refractivity contribution in [2.24, 2.45) is 11.8 Å². The molecule has 0 spiro atoms. The van der Waals surface area contributed by atoms with Crippen molar-refractivity contribution in [2.75, 3.05) is 0 Å². The zero-order valence-corrected chi connectivity index (χ0v) is 8.14. The van der Waals surface area contributed by atoms with Gasteiger partial charge >= 0.3 is 43.7 Å². The van der Waals surface area contributed by atoms with Crippen LogP contribution in [0.5, 0.6) is 0 Å². The van der Waals surface area contributed by atoms with Crippen molar-refractivity contribution in [3.8, 4) is 0 Å². The molecule has 0 unspecified atom stereocenters. The Morgan fingerprint density at radius 1 is 1.00 bits per heavy atom. The van der Waals surface area contributed by atoms with E-state index in [9.17, 15) is 19.2 Å². The molecule has 6 heteroatoms. The van der Waals surface area contributed by atoms with E-state index in [0.717, 1.165) is 0 Å². The molecule has 86 valence electrons. The zero-order chi connectivity index (χ0) is 11.4. The maximum absolute atomic E-state index is 11.3. The van der Waals surface area contributed by atoms with Crippen molar-refractivity contribution in [1.82, 2.24) is 0 Å². The van der Waals surface area contributed by atoms with E-state index in [2.05, 4.69) is 0 Å². The summed E-state index contributed by atoms with van der Waals surface area (Å²) in [5.74, 6) is -3.41. The number of ketones is 2. The quantitative estimate of drug-likeness (QED) is 0.310. The number of Topliss-reactive ketones (excluding diaryl/α,β-unsaturated/α-hetero) is 2. The predicted molar refractivity (Wildman–Crippen MR) is 57.7 cm³/mol. The van der Waals surface area contributed by atoms with Crippen molar-refractivity contribution in [2.45, 2.75) is 25.7 Å². The fourth-order valence-electron chi connectivity index (χ4n) is 1.86. The van der Waals surface area contributed by atoms with Gasteiger partial charge in [0.1, 0.15) is 0 Å². The maximum atomic E-state index is 11.3. The van der Waals surface area contributed by atoms with E-state index < -0.39 is 29.4 Å². The SMILES string of the molecule is O=CC(=O)C(=O)C1CCC(C(=O)O)CC1.[CaH2]. The molecule has 0 amide bonds. The van der Waals surface area contributed by atoms with E-state index >= 15 is 0 Å². The molecule has 1 aliphatic carbocycles. The standard InChI is InChI=1S/C10H12O5.Ca.2H/c11-5-8(12)9(13)6-1-3-7(4-2-6)10(14)15;;;/h5-7H,1-4H2,(H,14,15);;;. The van der Waals surface area contributed by atoms with Crippen LogP contribution in [0.15, 0.2) is 0 Å². The average molecular weight is 254 g/mol. The molecule has 16 heavy (non-hydrogen) atoms. The molecule has 0 aromatic heterocycles. The van der Waals surface area contributed by atoms with Gasteiger partial charge < -0.3 is 5.11 Å². The number of carboxylic acid groups (broad SMARTS) is 1. The molecule has 0 aliphatic heterocycles. The van der Waals surface area contributed by atoms with Gasteiger partial charge in [-0.15, -0.1) is 0 Å². The van der Waals surface area contributed by atoms with Gasteiger partial charge in [-0.2, -0.15) is 0 Å². The van der Waals surface area contributed by atoms with Crippen LogP contribution in [0.1, 0.15) is 25.7 Å². The summed E-state index contributed by atoms with van der Waals surface area (Å²) in [6.07, 6.45) is 1.59. The molecular formula is C10H14CaO5. The van der Waals surface area contributed by atoms with Gasteiger partial charge in [-0.25, -0.2) is 0 Å². The molecule has 0 aromatic rings. The second kappa shape index (κ2) is 7.14. The normalized spacial score (nSPS) is 24.0. The first-order valence-corrected chi connectivity index (χ1v) is 4.82. The van der Waals surface area contributed by atoms with Gasteiger partial charge in [0.15, 0.2) is 6.29 Å². The molecule has 1 N–H and O–H groups in total. The van der Waals surface area contributed by atoms with E-state index in [1.54, 1.807) is 0 Å². The molecule has 5 nitrogen and oxygen atoms in total. The van der Waals surface area contributed by atoms with Crippen LogP contribution in [-0.4, -0.2) is 66.7 Å². The first kappa shape index (κ1) is 15.7. The van der Waals surface area contributed by atoms with Crippen molar-refractivity contribution in [3.63, 3.8) is 0 Å². The van der Waals surface area contributed by atoms with Crippen molar-refractivity contribution < 1.29 is 24.3 Å². The third-order valence-electron chi connectivity index (χ3n) is 2.80. The monoisotopic (exact) mass is 254 g/mol. The van der Waals surface area contributed by atoms with Crippen molar-refractivity contribution in [3.05, 3.63) is 0 Å². The Bertz CT molecular complexity index is 304. The Morgan fingerprint density at radius 2 is 1.44 bits per heavy atom. The topological polar surface area (TPSA) is 88.5 Å². The van der Waals surface area contributed by atoms with Crippen molar-refractivity contribution >= 4 is 61.6 Å². The molecule has 0 atom stereocenters. The van der Waals surface area contributed by atoms with E-state index in [4.69, 9.17) is 5.11 Å². The molecule has 0 heterocycles. The predicted octanol–water partition coefficient (Wildman–Crippen LogP) is -0.702. The first-order chi connectivity index (χ1) is 7.06. The number of rotatable bonds is 4. The van der Waals surface area contributed by atoms with Crippen molar-refractivity contribution in [1.29, 1.82) is 0 Å². The molecule has 1 fully saturated rings. The minimum atomic E-state index is -1.01. The Labute approximate surface area is 123 Å². The third kappa shape index (κ3) is 3.96. The average Bonchev–Trinajstić information content (AvgIpc) is 2.27. The summed E-state index contributed by atoms with van der Waals surface area (Å²) < 4.78 is 0. The van der Waals surface area contributed by atoms with E-state index in [1.807, 2.05) is 0 Å². The van der Waals surface area contributed by atoms with E-state index in [0.29, 0.717) is 25.7 Å². The Kier molecular flexibility index (Phi) is 7.02. The third-order valence-corrected chi connectivity index (χ3v) is 2.80. The number of carbonyl (C=O) groups is 4. The van der Waals surface area contributed by atoms with Crippen LogP contribution >= 0.6 is 0 Å². The van der Waals surface area contributed by atoms with Gasteiger partial charge in [0.25, 0.3) is 5.78 Å². The second-order valence-corrected chi connectivity index (χ2v) is 3.73. The molecule has 1 aliphatic rings. The van der Waals surface area contributed by atoms with Crippen LogP contribution in [0.3, 0.4) is 0 Å². The summed E-state index contributed by atoms with van der Waals surface area (Å²) in [6, 6.07) is 0. The second-order valence-electron chi connectivity index (χ2n) is 3.73. The number of hydrogen-bond acceptors (Lipinski definition) is 4. The minimum absolute atomic E-state index is 0. The number of aliphatic carboxylic acids is 1. The molecule has 1 rings (SSSR count). The number of carbonyl (C=O) groups excluding carboxylic acids is 3. The Hall–Kier alpha value is -0.260. The Morgan fingerprint density at radius 3 is 1.81 bits per heavy atom. The van der Waals surface area contributed by atoms with Gasteiger partial charge in [-0.05, 0) is 25.7 Å². The summed E-state index contributed by atoms with van der Waals surface area (Å²) in [7, 11) is 0. The first-order valence-electron chi connectivity index (χ1n) is 4.82. The van der Waals surface area contributed by atoms with Gasteiger partial charge in [0.2, 0.25) is 5.78 Å². The fraction of sp³-hybridized carbons (Fsp3) is 0.600. The molecule has 1 saturated carbocycles. The van der Waals surface area contributed by atoms with E-state index in [-0.39, 0.29) is 44.0 Å². The molecule has 0 saturated heterocycles. The number of carboxylic acids is 1. The summed E-state index contributed by atoms with van der Waals surface area (Å²) in [5, 5.41) is 8.71. The van der Waals surface area contributed by atoms with Crippen LogP contribution in [0.25, 0.3) is 0 Å². The molecule has 0 aromatic carbocycles. The van der Waals surface area contributed by atoms with Crippen LogP contribution in [-0.2, 0) is 19.2 Å². The van der Waals surface area contributed by atoms with Crippen LogP contribution in [0.2, 0.25) is 0 Å². The Balaban J connectivity index is 0.00000225. The van der Waals surface area contributed by atoms with Crippen LogP contribution in [0.4, 0.5) is 0 Å². The van der Waals surface area contributed by atoms with Gasteiger partial charge in [-0.1, -0.05) is 0 Å². The molecule has 0 radical (unpaired) electrons.